The van der Waals surface area contributed by atoms with Crippen molar-refractivity contribution in [2.24, 2.45) is 0 Å². The van der Waals surface area contributed by atoms with Gasteiger partial charge in [-0.25, -0.2) is 4.79 Å². The van der Waals surface area contributed by atoms with Gasteiger partial charge in [0.2, 0.25) is 0 Å². The summed E-state index contributed by atoms with van der Waals surface area (Å²) in [4.78, 5) is 13.9. The van der Waals surface area contributed by atoms with Crippen molar-refractivity contribution in [3.63, 3.8) is 0 Å². The third-order valence-electron chi connectivity index (χ3n) is 1.27. The highest BCUT2D eigenvalue weighted by Gasteiger charge is 2.14. The number of carboxylic acids is 1. The molecule has 0 aliphatic rings. The molecule has 0 bridgehead atoms. The van der Waals surface area contributed by atoms with Gasteiger partial charge in [0.05, 0.1) is 3.57 Å². The summed E-state index contributed by atoms with van der Waals surface area (Å²) in [5.41, 5.74) is -0.176. The molecule has 1 aromatic carbocycles. The van der Waals surface area contributed by atoms with Crippen molar-refractivity contribution in [3.8, 4) is 5.75 Å². The molecule has 1 aromatic rings. The first-order chi connectivity index (χ1) is 7.40. The first-order valence-corrected chi connectivity index (χ1v) is 4.82. The monoisotopic (exact) mass is 344 g/mol. The molecule has 0 aliphatic carbocycles. The lowest BCUT2D eigenvalue weighted by molar-refractivity contribution is -0.00888. The Bertz CT molecular complexity index is 358. The number of benzene rings is 1. The molecule has 1 rings (SSSR count). The van der Waals surface area contributed by atoms with Crippen LogP contribution in [0.15, 0.2) is 18.2 Å². The van der Waals surface area contributed by atoms with Gasteiger partial charge in [-0.05, 0) is 34.7 Å². The summed E-state index contributed by atoms with van der Waals surface area (Å²) < 4.78 is 12.3. The Labute approximate surface area is 104 Å². The Morgan fingerprint density at radius 1 is 1.38 bits per heavy atom. The Morgan fingerprint density at radius 2 is 1.88 bits per heavy atom. The maximum absolute atomic E-state index is 11.8. The molecule has 6 nitrogen and oxygen atoms in total. The molecule has 0 aromatic heterocycles. The van der Waals surface area contributed by atoms with Crippen LogP contribution >= 0.6 is 22.6 Å². The van der Waals surface area contributed by atoms with E-state index in [4.69, 9.17) is 20.2 Å². The number of aromatic carboxylic acids is 1. The van der Waals surface area contributed by atoms with E-state index in [-0.39, 0.29) is 11.3 Å². The SMILES string of the molecule is O=C(O)c1cccc(I)c1OF.OB(O)O. The van der Waals surface area contributed by atoms with Crippen molar-refractivity contribution in [1.29, 1.82) is 0 Å². The smallest absolute Gasteiger partial charge is 0.478 e. The normalized spacial score (nSPS) is 8.81. The lowest BCUT2D eigenvalue weighted by atomic mass is 10.2. The third-order valence-corrected chi connectivity index (χ3v) is 2.12. The van der Waals surface area contributed by atoms with E-state index < -0.39 is 13.3 Å². The number of carboxylic acid groups (broad SMARTS) is 1. The van der Waals surface area contributed by atoms with Crippen LogP contribution in [0, 0.1) is 3.57 Å². The molecule has 0 spiro atoms. The zero-order valence-corrected chi connectivity index (χ0v) is 9.83. The highest BCUT2D eigenvalue weighted by Crippen LogP contribution is 2.25. The van der Waals surface area contributed by atoms with Crippen LogP contribution in [-0.2, 0) is 0 Å². The molecule has 0 heterocycles. The summed E-state index contributed by atoms with van der Waals surface area (Å²) in [5.74, 6) is -1.45. The molecule has 0 unspecified atom stereocenters. The molecule has 0 atom stereocenters. The molecule has 88 valence electrons. The van der Waals surface area contributed by atoms with Crippen LogP contribution < -0.4 is 4.94 Å². The lowest BCUT2D eigenvalue weighted by Gasteiger charge is -2.01. The predicted molar refractivity (Wildman–Crippen MR) is 60.3 cm³/mol. The minimum Gasteiger partial charge on any atom is -0.478 e. The second-order valence-corrected chi connectivity index (χ2v) is 3.51. The van der Waals surface area contributed by atoms with Gasteiger partial charge < -0.3 is 20.2 Å². The molecule has 0 saturated carbocycles. The Kier molecular flexibility index (Phi) is 6.96. The summed E-state index contributed by atoms with van der Waals surface area (Å²) in [6.07, 6.45) is 0. The number of hydrogen-bond donors (Lipinski definition) is 4. The minimum absolute atomic E-state index is 0.176. The average molecular weight is 344 g/mol. The van der Waals surface area contributed by atoms with Crippen LogP contribution in [0.1, 0.15) is 10.4 Å². The van der Waals surface area contributed by atoms with Gasteiger partial charge in [0.1, 0.15) is 5.56 Å². The molecule has 0 radical (unpaired) electrons. The molecule has 0 aliphatic heterocycles. The van der Waals surface area contributed by atoms with Gasteiger partial charge in [-0.3, -0.25) is 4.94 Å². The Morgan fingerprint density at radius 3 is 2.19 bits per heavy atom. The summed E-state index contributed by atoms with van der Waals surface area (Å²) in [5, 5.41) is 30.1. The van der Waals surface area contributed by atoms with Crippen LogP contribution in [0.2, 0.25) is 0 Å². The van der Waals surface area contributed by atoms with Crippen LogP contribution in [-0.4, -0.2) is 33.5 Å². The van der Waals surface area contributed by atoms with Crippen LogP contribution in [0.5, 0.6) is 5.75 Å². The van der Waals surface area contributed by atoms with Gasteiger partial charge in [-0.1, -0.05) is 6.07 Å². The summed E-state index contributed by atoms with van der Waals surface area (Å²) in [6.45, 7) is 0. The van der Waals surface area contributed by atoms with E-state index in [1.165, 1.54) is 12.1 Å². The average Bonchev–Trinajstić information content (AvgIpc) is 2.16. The Hall–Kier alpha value is -0.905. The largest absolute Gasteiger partial charge is 0.631 e. The molecule has 16 heavy (non-hydrogen) atoms. The summed E-state index contributed by atoms with van der Waals surface area (Å²) >= 11 is 1.79. The molecule has 0 saturated heterocycles. The lowest BCUT2D eigenvalue weighted by Crippen LogP contribution is -2.07. The van der Waals surface area contributed by atoms with Gasteiger partial charge in [-0.15, -0.1) is 0 Å². The fourth-order valence-electron chi connectivity index (χ4n) is 0.756. The fraction of sp³-hybridized carbons (Fsp3) is 0. The second-order valence-electron chi connectivity index (χ2n) is 2.35. The fourth-order valence-corrected chi connectivity index (χ4v) is 1.34. The standard InChI is InChI=1S/C7H4FIO3.BH3O3/c8-12-6-4(7(10)11)2-1-3-5(6)9;2-1(3)4/h1-3H,(H,10,11);2-4H. The van der Waals surface area contributed by atoms with Crippen LogP contribution in [0.25, 0.3) is 0 Å². The third kappa shape index (κ3) is 5.25. The molecule has 4 N–H and O–H groups in total. The Balaban J connectivity index is 0.000000487. The van der Waals surface area contributed by atoms with Crippen molar-refractivity contribution in [1.82, 2.24) is 0 Å². The number of carbonyl (C=O) groups is 1. The van der Waals surface area contributed by atoms with E-state index in [0.717, 1.165) is 0 Å². The quantitative estimate of drug-likeness (QED) is 0.451. The van der Waals surface area contributed by atoms with Gasteiger partial charge >= 0.3 is 13.3 Å². The van der Waals surface area contributed by atoms with E-state index in [2.05, 4.69) is 4.94 Å². The second kappa shape index (κ2) is 7.38. The first kappa shape index (κ1) is 15.1. The predicted octanol–water partition coefficient (Wildman–Crippen LogP) is 0.201. The number of hydrogen-bond acceptors (Lipinski definition) is 5. The zero-order chi connectivity index (χ0) is 12.7. The minimum atomic E-state index is -2.17. The van der Waals surface area contributed by atoms with Gasteiger partial charge in [-0.2, -0.15) is 0 Å². The van der Waals surface area contributed by atoms with Crippen molar-refractivity contribution in [2.75, 3.05) is 0 Å². The van der Waals surface area contributed by atoms with E-state index in [1.54, 1.807) is 28.7 Å². The number of para-hydroxylation sites is 1. The van der Waals surface area contributed by atoms with Crippen molar-refractivity contribution in [3.05, 3.63) is 27.3 Å². The van der Waals surface area contributed by atoms with Crippen molar-refractivity contribution >= 4 is 35.9 Å². The van der Waals surface area contributed by atoms with E-state index >= 15 is 0 Å². The highest BCUT2D eigenvalue weighted by atomic mass is 127. The van der Waals surface area contributed by atoms with Crippen LogP contribution in [0.3, 0.4) is 0 Å². The van der Waals surface area contributed by atoms with Crippen molar-refractivity contribution < 1.29 is 34.4 Å². The van der Waals surface area contributed by atoms with E-state index in [1.807, 2.05) is 0 Å². The van der Waals surface area contributed by atoms with Crippen LogP contribution in [0.4, 0.5) is 4.53 Å². The van der Waals surface area contributed by atoms with Gasteiger partial charge in [0.25, 0.3) is 0 Å². The number of rotatable bonds is 2. The van der Waals surface area contributed by atoms with Gasteiger partial charge in [0.15, 0.2) is 5.75 Å². The first-order valence-electron chi connectivity index (χ1n) is 3.74. The van der Waals surface area contributed by atoms with Gasteiger partial charge in [0, 0.05) is 4.53 Å². The molecule has 0 amide bonds. The molecular weight excluding hydrogens is 337 g/mol. The molecular formula is C7H7BFIO6. The van der Waals surface area contributed by atoms with E-state index in [0.29, 0.717) is 3.57 Å². The zero-order valence-electron chi connectivity index (χ0n) is 7.67. The maximum atomic E-state index is 11.8. The summed E-state index contributed by atoms with van der Waals surface area (Å²) in [7, 11) is -2.17. The number of halogens is 2. The molecule has 9 heteroatoms. The van der Waals surface area contributed by atoms with Crippen molar-refractivity contribution in [2.45, 2.75) is 0 Å². The highest BCUT2D eigenvalue weighted by molar-refractivity contribution is 14.1. The summed E-state index contributed by atoms with van der Waals surface area (Å²) in [6, 6.07) is 4.36. The topological polar surface area (TPSA) is 107 Å². The molecule has 0 fully saturated rings. The maximum Gasteiger partial charge on any atom is 0.631 e. The van der Waals surface area contributed by atoms with E-state index in [9.17, 15) is 9.32 Å².